The molecule has 0 radical (unpaired) electrons. The minimum Gasteiger partial charge on any atom is -0.310 e. The van der Waals surface area contributed by atoms with Crippen molar-refractivity contribution in [3.05, 3.63) is 288 Å². The van der Waals surface area contributed by atoms with Gasteiger partial charge in [-0.25, -0.2) is 0 Å². The summed E-state index contributed by atoms with van der Waals surface area (Å²) in [6.07, 6.45) is 20.9. The van der Waals surface area contributed by atoms with Crippen molar-refractivity contribution in [3.63, 3.8) is 0 Å². The van der Waals surface area contributed by atoms with Crippen LogP contribution < -0.4 is 4.90 Å². The predicted octanol–water partition coefficient (Wildman–Crippen LogP) is 28.3. The van der Waals surface area contributed by atoms with E-state index in [4.69, 9.17) is 10.2 Å². The standard InChI is InChI=1S/C99H104N4/c1-10-16-57-97(58-17-11-2)88-63-72(69-37-39-70(40-38-69)94-100-101-95(103(94)80-35-29-24-30-36-80)71-41-48-77(49-42-71)96(7,8)9)43-51-82(88)83-52-44-73(64-89(83)97)74-45-53-84-85-54-46-75(66-91(85)98(59-18-12-3,60-19-13-4)90(84)65-74)76-47-55-86-87-56-50-81(102(78-31-25-22-26-32-78)79-33-27-23-28-34-79)68-93(87)99(61-20-14-5,62-21-15-6)92(86)67-76/h22-56,63-68H,10-21,57-62H2,1-9H3. The van der Waals surface area contributed by atoms with Gasteiger partial charge in [-0.3, -0.25) is 4.57 Å². The van der Waals surface area contributed by atoms with Crippen LogP contribution in [0.15, 0.2) is 249 Å². The number of fused-ring (bicyclic) bond motifs is 9. The Balaban J connectivity index is 0.780. The molecule has 3 aliphatic rings. The fraction of sp³-hybridized carbons (Fsp3) is 0.313. The number of hydrogen-bond donors (Lipinski definition) is 0. The predicted molar refractivity (Wildman–Crippen MR) is 438 cm³/mol. The highest BCUT2D eigenvalue weighted by Gasteiger charge is 2.46. The smallest absolute Gasteiger partial charge is 0.168 e. The summed E-state index contributed by atoms with van der Waals surface area (Å²) >= 11 is 0. The maximum atomic E-state index is 4.92. The van der Waals surface area contributed by atoms with Crippen molar-refractivity contribution in [3.8, 4) is 95.2 Å². The summed E-state index contributed by atoms with van der Waals surface area (Å²) in [5.74, 6) is 1.66. The second-order valence-electron chi connectivity index (χ2n) is 31.3. The van der Waals surface area contributed by atoms with Gasteiger partial charge < -0.3 is 4.90 Å². The molecule has 0 bridgehead atoms. The van der Waals surface area contributed by atoms with Crippen LogP contribution in [0, 0.1) is 0 Å². The maximum absolute atomic E-state index is 4.92. The lowest BCUT2D eigenvalue weighted by atomic mass is 9.69. The van der Waals surface area contributed by atoms with Crippen molar-refractivity contribution in [1.82, 2.24) is 14.8 Å². The summed E-state index contributed by atoms with van der Waals surface area (Å²) < 4.78 is 2.21. The Kier molecular flexibility index (Phi) is 19.6. The van der Waals surface area contributed by atoms with Gasteiger partial charge in [-0.2, -0.15) is 0 Å². The fourth-order valence-electron chi connectivity index (χ4n) is 18.4. The van der Waals surface area contributed by atoms with Gasteiger partial charge in [0, 0.05) is 50.1 Å². The number of rotatable bonds is 27. The molecule has 1 heterocycles. The van der Waals surface area contributed by atoms with Crippen LogP contribution in [0.3, 0.4) is 0 Å². The van der Waals surface area contributed by atoms with Crippen LogP contribution in [0.1, 0.15) is 217 Å². The first kappa shape index (κ1) is 69.1. The van der Waals surface area contributed by atoms with Crippen molar-refractivity contribution < 1.29 is 0 Å². The Morgan fingerprint density at radius 1 is 0.282 bits per heavy atom. The largest absolute Gasteiger partial charge is 0.310 e. The second-order valence-corrected chi connectivity index (χ2v) is 31.3. The van der Waals surface area contributed by atoms with Crippen LogP contribution in [-0.2, 0) is 21.7 Å². The van der Waals surface area contributed by atoms with Gasteiger partial charge in [0.1, 0.15) is 0 Å². The minimum absolute atomic E-state index is 0.0570. The summed E-state index contributed by atoms with van der Waals surface area (Å²) in [5.41, 5.74) is 33.1. The maximum Gasteiger partial charge on any atom is 0.168 e. The zero-order chi connectivity index (χ0) is 70.9. The van der Waals surface area contributed by atoms with Gasteiger partial charge in [0.25, 0.3) is 0 Å². The number of nitrogens with zero attached hydrogens (tertiary/aromatic N) is 4. The van der Waals surface area contributed by atoms with Crippen LogP contribution in [0.4, 0.5) is 17.1 Å². The lowest BCUT2D eigenvalue weighted by Crippen LogP contribution is -2.26. The van der Waals surface area contributed by atoms with E-state index >= 15 is 0 Å². The van der Waals surface area contributed by atoms with E-state index in [1.807, 2.05) is 0 Å². The van der Waals surface area contributed by atoms with Crippen molar-refractivity contribution in [2.45, 2.75) is 200 Å². The number of benzene rings is 11. The SMILES string of the molecule is CCCCC1(CCCC)c2cc(-c3ccc(-c4nnc(-c5ccc(C(C)(C)C)cc5)n4-c4ccccc4)cc3)ccc2-c2ccc(-c3ccc4c(c3)C(CCCC)(CCCC)c3cc(-c5ccc6c(c5)C(CCCC)(CCCC)c5cc(N(c7ccccc7)c7ccccc7)ccc5-6)ccc3-4)cc21. The Morgan fingerprint density at radius 3 is 0.874 bits per heavy atom. The van der Waals surface area contributed by atoms with E-state index in [2.05, 4.69) is 321 Å². The molecule has 103 heavy (non-hydrogen) atoms. The molecule has 15 rings (SSSR count). The fourth-order valence-corrected chi connectivity index (χ4v) is 18.4. The van der Waals surface area contributed by atoms with Crippen LogP contribution in [0.25, 0.3) is 95.2 Å². The molecule has 11 aromatic carbocycles. The highest BCUT2D eigenvalue weighted by molar-refractivity contribution is 5.92. The van der Waals surface area contributed by atoms with E-state index in [-0.39, 0.29) is 21.7 Å². The summed E-state index contributed by atoms with van der Waals surface area (Å²) in [6, 6.07) is 95.8. The van der Waals surface area contributed by atoms with Gasteiger partial charge in [-0.05, 0) is 229 Å². The lowest BCUT2D eigenvalue weighted by Gasteiger charge is -2.34. The summed E-state index contributed by atoms with van der Waals surface area (Å²) in [6.45, 7) is 21.1. The molecule has 0 saturated carbocycles. The van der Waals surface area contributed by atoms with Gasteiger partial charge in [0.2, 0.25) is 0 Å². The average Bonchev–Trinajstić information content (AvgIpc) is 1.57. The van der Waals surface area contributed by atoms with E-state index in [0.29, 0.717) is 0 Å². The first-order chi connectivity index (χ1) is 50.4. The second kappa shape index (κ2) is 29.2. The van der Waals surface area contributed by atoms with Crippen molar-refractivity contribution in [2.75, 3.05) is 4.90 Å². The molecule has 0 spiro atoms. The molecule has 12 aromatic rings. The van der Waals surface area contributed by atoms with Crippen molar-refractivity contribution >= 4 is 17.1 Å². The molecule has 0 unspecified atom stereocenters. The molecular weight excluding hydrogens is 1250 g/mol. The summed E-state index contributed by atoms with van der Waals surface area (Å²) in [7, 11) is 0. The molecule has 3 aliphatic carbocycles. The van der Waals surface area contributed by atoms with Crippen LogP contribution in [0.5, 0.6) is 0 Å². The molecule has 4 heteroatoms. The molecule has 4 nitrogen and oxygen atoms in total. The molecule has 0 aliphatic heterocycles. The van der Waals surface area contributed by atoms with Gasteiger partial charge >= 0.3 is 0 Å². The van der Waals surface area contributed by atoms with E-state index in [9.17, 15) is 0 Å². The van der Waals surface area contributed by atoms with Crippen molar-refractivity contribution in [2.24, 2.45) is 0 Å². The Morgan fingerprint density at radius 2 is 0.553 bits per heavy atom. The molecule has 0 N–H and O–H groups in total. The van der Waals surface area contributed by atoms with Gasteiger partial charge in [-0.15, -0.1) is 10.2 Å². The first-order valence-corrected chi connectivity index (χ1v) is 39.4. The molecular formula is C99H104N4. The molecule has 0 saturated heterocycles. The highest BCUT2D eigenvalue weighted by Crippen LogP contribution is 2.60. The Labute approximate surface area is 615 Å². The van der Waals surface area contributed by atoms with Crippen LogP contribution >= 0.6 is 0 Å². The van der Waals surface area contributed by atoms with E-state index in [1.54, 1.807) is 0 Å². The third-order valence-electron chi connectivity index (χ3n) is 23.9. The zero-order valence-corrected chi connectivity index (χ0v) is 62.7. The number of unbranched alkanes of at least 4 members (excludes halogenated alkanes) is 6. The highest BCUT2D eigenvalue weighted by atomic mass is 15.3. The van der Waals surface area contributed by atoms with E-state index in [1.165, 1.54) is 187 Å². The quantitative estimate of drug-likeness (QED) is 0.0515. The zero-order valence-electron chi connectivity index (χ0n) is 62.7. The van der Waals surface area contributed by atoms with Crippen LogP contribution in [0.2, 0.25) is 0 Å². The molecule has 520 valence electrons. The number of para-hydroxylation sites is 3. The lowest BCUT2D eigenvalue weighted by molar-refractivity contribution is 0.414. The first-order valence-electron chi connectivity index (χ1n) is 39.4. The number of anilines is 3. The van der Waals surface area contributed by atoms with Gasteiger partial charge in [0.05, 0.1) is 0 Å². The normalized spacial score (nSPS) is 14.0. The molecule has 0 atom stereocenters. The number of aromatic nitrogens is 3. The molecule has 0 fully saturated rings. The number of hydrogen-bond acceptors (Lipinski definition) is 3. The van der Waals surface area contributed by atoms with E-state index in [0.717, 1.165) is 79.8 Å². The van der Waals surface area contributed by atoms with E-state index < -0.39 is 0 Å². The molecule has 1 aromatic heterocycles. The summed E-state index contributed by atoms with van der Waals surface area (Å²) in [5, 5.41) is 9.80. The Hall–Kier alpha value is -9.64. The van der Waals surface area contributed by atoms with Crippen LogP contribution in [-0.4, -0.2) is 14.8 Å². The monoisotopic (exact) mass is 1350 g/mol. The minimum atomic E-state index is -0.105. The van der Waals surface area contributed by atoms with Gasteiger partial charge in [0.15, 0.2) is 11.6 Å². The third-order valence-corrected chi connectivity index (χ3v) is 23.9. The molecule has 0 amide bonds. The summed E-state index contributed by atoms with van der Waals surface area (Å²) in [4.78, 5) is 2.45. The van der Waals surface area contributed by atoms with Gasteiger partial charge in [-0.1, -0.05) is 309 Å². The average molecular weight is 1350 g/mol. The Bertz CT molecular complexity index is 4910. The third kappa shape index (κ3) is 12.5. The van der Waals surface area contributed by atoms with Crippen molar-refractivity contribution in [1.29, 1.82) is 0 Å². The topological polar surface area (TPSA) is 34.0 Å².